The fraction of sp³-hybridized carbons (Fsp3) is 0.317. The van der Waals surface area contributed by atoms with E-state index < -0.39 is 0 Å². The Morgan fingerprint density at radius 1 is 0.770 bits per heavy atom. The summed E-state index contributed by atoms with van der Waals surface area (Å²) in [5, 5.41) is 30.0. The first-order valence-electron chi connectivity index (χ1n) is 19.6. The molecule has 4 aromatic heterocycles. The van der Waals surface area contributed by atoms with Gasteiger partial charge < -0.3 is 37.0 Å². The van der Waals surface area contributed by atoms with Crippen LogP contribution >= 0.6 is 45.9 Å². The predicted molar refractivity (Wildman–Crippen MR) is 245 cm³/mol. The van der Waals surface area contributed by atoms with Gasteiger partial charge in [0.1, 0.15) is 44.7 Å². The molecule has 1 aliphatic rings. The van der Waals surface area contributed by atoms with Gasteiger partial charge in [0.2, 0.25) is 0 Å². The zero-order valence-electron chi connectivity index (χ0n) is 34.1. The summed E-state index contributed by atoms with van der Waals surface area (Å²) in [7, 11) is 0. The van der Waals surface area contributed by atoms with Crippen LogP contribution in [0.4, 0.5) is 44.9 Å². The number of aromatic nitrogens is 6. The lowest BCUT2D eigenvalue weighted by atomic mass is 10.0. The highest BCUT2D eigenvalue weighted by Crippen LogP contribution is 2.42. The van der Waals surface area contributed by atoms with E-state index >= 15 is 0 Å². The van der Waals surface area contributed by atoms with Crippen molar-refractivity contribution in [2.45, 2.75) is 59.5 Å². The maximum atomic E-state index is 13.6. The second-order valence-corrected chi connectivity index (χ2v) is 17.1. The molecule has 2 atom stereocenters. The fourth-order valence-corrected chi connectivity index (χ4v) is 9.24. The molecular formula is C41H45Cl2N13O3S2. The third-order valence-electron chi connectivity index (χ3n) is 9.99. The van der Waals surface area contributed by atoms with Crippen LogP contribution in [0.2, 0.25) is 10.0 Å². The van der Waals surface area contributed by atoms with E-state index in [1.807, 2.05) is 45.0 Å². The van der Waals surface area contributed by atoms with Crippen LogP contribution in [0.15, 0.2) is 54.9 Å². The molecule has 0 bridgehead atoms. The Hall–Kier alpha value is -5.50. The van der Waals surface area contributed by atoms with Gasteiger partial charge in [0, 0.05) is 37.3 Å². The van der Waals surface area contributed by atoms with Crippen molar-refractivity contribution in [3.63, 3.8) is 0 Å². The SMILES string of the molecule is CCN1C(c2ccc(C)c(NC(=O)c3cnc(Nc4cc(NCCO)nc(C)n4)s3)c2Cl)CC[C@@H]1CNc1cc(Nc2ncc(C(=O)Nc3c(C)cccc3Cl)s2)nc(C)n1. The largest absolute Gasteiger partial charge is 0.395 e. The molecule has 1 aliphatic heterocycles. The zero-order chi connectivity index (χ0) is 43.2. The molecule has 2 amide bonds. The molecule has 7 rings (SSSR count). The normalized spacial score (nSPS) is 15.1. The Morgan fingerprint density at radius 3 is 1.93 bits per heavy atom. The van der Waals surface area contributed by atoms with Crippen LogP contribution < -0.4 is 31.9 Å². The van der Waals surface area contributed by atoms with Crippen LogP contribution in [0, 0.1) is 27.7 Å². The maximum absolute atomic E-state index is 13.6. The molecule has 1 fully saturated rings. The molecule has 1 unspecified atom stereocenters. The molecule has 5 heterocycles. The number of halogens is 2. The molecular weight excluding hydrogens is 858 g/mol. The number of rotatable bonds is 16. The third-order valence-corrected chi connectivity index (χ3v) is 12.5. The van der Waals surface area contributed by atoms with Gasteiger partial charge in [0.05, 0.1) is 40.4 Å². The first kappa shape index (κ1) is 43.6. The minimum absolute atomic E-state index is 0.0285. The molecule has 61 heavy (non-hydrogen) atoms. The van der Waals surface area contributed by atoms with Crippen molar-refractivity contribution in [1.82, 2.24) is 34.8 Å². The van der Waals surface area contributed by atoms with Gasteiger partial charge in [0.25, 0.3) is 11.8 Å². The number of hydrogen-bond donors (Lipinski definition) is 7. The van der Waals surface area contributed by atoms with Crippen molar-refractivity contribution >= 4 is 103 Å². The quantitative estimate of drug-likeness (QED) is 0.0485. The number of amides is 2. The van der Waals surface area contributed by atoms with Crippen LogP contribution in [-0.2, 0) is 0 Å². The number of likely N-dealkylation sites (tertiary alicyclic amines) is 1. The smallest absolute Gasteiger partial charge is 0.267 e. The number of hydrogen-bond acceptors (Lipinski definition) is 16. The molecule has 0 saturated carbocycles. The predicted octanol–water partition coefficient (Wildman–Crippen LogP) is 8.75. The van der Waals surface area contributed by atoms with Crippen LogP contribution in [0.25, 0.3) is 0 Å². The zero-order valence-corrected chi connectivity index (χ0v) is 37.2. The second kappa shape index (κ2) is 19.5. The Kier molecular flexibility index (Phi) is 13.9. The van der Waals surface area contributed by atoms with Gasteiger partial charge in [-0.25, -0.2) is 29.9 Å². The van der Waals surface area contributed by atoms with Crippen molar-refractivity contribution < 1.29 is 14.7 Å². The van der Waals surface area contributed by atoms with Crippen LogP contribution in [0.3, 0.4) is 0 Å². The number of carbonyl (C=O) groups excluding carboxylic acids is 2. The molecule has 2 aromatic carbocycles. The number of nitrogens with zero attached hydrogens (tertiary/aromatic N) is 7. The minimum Gasteiger partial charge on any atom is -0.395 e. The van der Waals surface area contributed by atoms with Gasteiger partial charge in [-0.1, -0.05) is 77.1 Å². The van der Waals surface area contributed by atoms with Crippen LogP contribution in [0.1, 0.15) is 73.5 Å². The minimum atomic E-state index is -0.323. The summed E-state index contributed by atoms with van der Waals surface area (Å²) in [4.78, 5) is 56.5. The highest BCUT2D eigenvalue weighted by molar-refractivity contribution is 7.18. The van der Waals surface area contributed by atoms with Gasteiger partial charge in [-0.05, 0) is 69.8 Å². The molecule has 6 aromatic rings. The average molecular weight is 903 g/mol. The Labute approximate surface area is 371 Å². The maximum Gasteiger partial charge on any atom is 0.267 e. The number of likely N-dealkylation sites (N-methyl/N-ethyl adjacent to an activating group) is 1. The van der Waals surface area contributed by atoms with Gasteiger partial charge in [-0.3, -0.25) is 14.5 Å². The lowest BCUT2D eigenvalue weighted by Gasteiger charge is -2.30. The van der Waals surface area contributed by atoms with E-state index in [2.05, 4.69) is 79.7 Å². The molecule has 0 spiro atoms. The van der Waals surface area contributed by atoms with Crippen LogP contribution in [-0.4, -0.2) is 84.0 Å². The van der Waals surface area contributed by atoms with E-state index in [0.717, 1.165) is 36.1 Å². The summed E-state index contributed by atoms with van der Waals surface area (Å²) in [6.45, 7) is 11.3. The molecule has 318 valence electrons. The fourth-order valence-electron chi connectivity index (χ4n) is 7.15. The number of aryl methyl sites for hydroxylation is 4. The van der Waals surface area contributed by atoms with E-state index in [4.69, 9.17) is 28.3 Å². The van der Waals surface area contributed by atoms with Gasteiger partial charge >= 0.3 is 0 Å². The summed E-state index contributed by atoms with van der Waals surface area (Å²) in [5.41, 5.74) is 3.79. The molecule has 7 N–H and O–H groups in total. The number of nitrogens with one attached hydrogen (secondary N) is 6. The monoisotopic (exact) mass is 901 g/mol. The highest BCUT2D eigenvalue weighted by Gasteiger charge is 2.35. The van der Waals surface area contributed by atoms with Crippen LogP contribution in [0.5, 0.6) is 0 Å². The van der Waals surface area contributed by atoms with E-state index in [0.29, 0.717) is 89.4 Å². The van der Waals surface area contributed by atoms with E-state index in [1.54, 1.807) is 19.1 Å². The first-order valence-corrected chi connectivity index (χ1v) is 22.0. The molecule has 20 heteroatoms. The standard InChI is InChI=1S/C41H45Cl2N13O3S2/c1-6-56-25(18-45-32-17-34(51-24(5)49-32)53-41-46-19-29(60-41)38(58)54-36-21(2)8-7-9-27(36)42)11-13-28(56)26-12-10-22(3)37(35(26)43)55-39(59)30-20-47-40(61-30)52-33-16-31(44-14-15-57)48-23(4)50-33/h7-10,12,16-17,19-20,25,28,57H,6,11,13-15,18H2,1-5H3,(H,54,58)(H,55,59)(H2,44,47,48,50,52)(H2,45,46,49,51,53)/t25-,28?/m1/s1. The van der Waals surface area contributed by atoms with E-state index in [-0.39, 0.29) is 30.5 Å². The topological polar surface area (TPSA) is 207 Å². The Morgan fingerprint density at radius 2 is 1.34 bits per heavy atom. The number of aliphatic hydroxyl groups excluding tert-OH is 1. The van der Waals surface area contributed by atoms with Gasteiger partial charge in [-0.2, -0.15) is 0 Å². The Bertz CT molecular complexity index is 2530. The summed E-state index contributed by atoms with van der Waals surface area (Å²) in [5.74, 6) is 2.76. The molecule has 1 saturated heterocycles. The number of thiazole rings is 2. The molecule has 0 aliphatic carbocycles. The number of para-hydroxylation sites is 1. The molecule has 16 nitrogen and oxygen atoms in total. The van der Waals surface area contributed by atoms with Gasteiger partial charge in [-0.15, -0.1) is 0 Å². The average Bonchev–Trinajstić information content (AvgIpc) is 3.99. The number of anilines is 8. The number of benzene rings is 2. The third kappa shape index (κ3) is 10.5. The lowest BCUT2D eigenvalue weighted by Crippen LogP contribution is -2.36. The van der Waals surface area contributed by atoms with E-state index in [1.165, 1.54) is 35.1 Å². The van der Waals surface area contributed by atoms with Gasteiger partial charge in [0.15, 0.2) is 10.3 Å². The van der Waals surface area contributed by atoms with Crippen molar-refractivity contribution in [2.75, 3.05) is 58.1 Å². The van der Waals surface area contributed by atoms with E-state index in [9.17, 15) is 9.59 Å². The van der Waals surface area contributed by atoms with Crippen molar-refractivity contribution in [3.8, 4) is 0 Å². The first-order chi connectivity index (χ1) is 29.4. The number of carbonyl (C=O) groups is 2. The lowest BCUT2D eigenvalue weighted by molar-refractivity contribution is 0.102. The molecule has 0 radical (unpaired) electrons. The summed E-state index contributed by atoms with van der Waals surface area (Å²) in [6, 6.07) is 13.2. The Balaban J connectivity index is 0.974. The summed E-state index contributed by atoms with van der Waals surface area (Å²) in [6.07, 6.45) is 4.83. The summed E-state index contributed by atoms with van der Waals surface area (Å²) < 4.78 is 0. The second-order valence-electron chi connectivity index (χ2n) is 14.3. The van der Waals surface area contributed by atoms with Crippen molar-refractivity contribution in [1.29, 1.82) is 0 Å². The highest BCUT2D eigenvalue weighted by atomic mass is 35.5. The number of aliphatic hydroxyl groups is 1. The van der Waals surface area contributed by atoms with Crippen molar-refractivity contribution in [2.24, 2.45) is 0 Å². The van der Waals surface area contributed by atoms with Crippen molar-refractivity contribution in [3.05, 3.63) is 103 Å². The summed E-state index contributed by atoms with van der Waals surface area (Å²) >= 11 is 15.9.